The summed E-state index contributed by atoms with van der Waals surface area (Å²) < 4.78 is 22.9. The highest BCUT2D eigenvalue weighted by atomic mass is 35.6. The summed E-state index contributed by atoms with van der Waals surface area (Å²) in [5.41, 5.74) is 0.498. The van der Waals surface area contributed by atoms with Gasteiger partial charge in [-0.3, -0.25) is 14.4 Å². The second kappa shape index (κ2) is 19.5. The van der Waals surface area contributed by atoms with E-state index >= 15 is 0 Å². The Balaban J connectivity index is 2.59. The zero-order valence-corrected chi connectivity index (χ0v) is 34.4. The molecule has 0 unspecified atom stereocenters. The van der Waals surface area contributed by atoms with Crippen LogP contribution >= 0.6 is 80.9 Å². The maximum Gasteiger partial charge on any atom is 0.508 e. The molecule has 1 aromatic rings. The van der Waals surface area contributed by atoms with E-state index in [1.54, 1.807) is 13.0 Å². The molecule has 0 saturated carbocycles. The van der Waals surface area contributed by atoms with Crippen LogP contribution < -0.4 is 0 Å². The average Bonchev–Trinajstić information content (AvgIpc) is 3.43. The van der Waals surface area contributed by atoms with Gasteiger partial charge in [-0.15, -0.1) is 11.3 Å². The summed E-state index contributed by atoms with van der Waals surface area (Å²) in [4.78, 5) is 71.4. The van der Waals surface area contributed by atoms with Crippen LogP contribution in [0.3, 0.4) is 0 Å². The van der Waals surface area contributed by atoms with Crippen LogP contribution in [0, 0.1) is 24.2 Å². The van der Waals surface area contributed by atoms with Gasteiger partial charge in [0.15, 0.2) is 0 Å². The van der Waals surface area contributed by atoms with E-state index in [2.05, 4.69) is 4.98 Å². The highest BCUT2D eigenvalue weighted by molar-refractivity contribution is 7.09. The zero-order valence-electron chi connectivity index (χ0n) is 29.1. The topological polar surface area (TPSA) is 144 Å². The van der Waals surface area contributed by atoms with Gasteiger partial charge in [-0.25, -0.2) is 14.6 Å². The first-order chi connectivity index (χ1) is 23.4. The number of ketones is 2. The number of carbonyl (C=O) groups is 5. The van der Waals surface area contributed by atoms with Crippen LogP contribution in [0.25, 0.3) is 6.08 Å². The first-order valence-electron chi connectivity index (χ1n) is 15.7. The van der Waals surface area contributed by atoms with E-state index in [1.807, 2.05) is 25.3 Å². The van der Waals surface area contributed by atoms with Crippen molar-refractivity contribution in [3.05, 3.63) is 33.3 Å². The lowest BCUT2D eigenvalue weighted by molar-refractivity contribution is -0.155. The van der Waals surface area contributed by atoms with E-state index in [1.165, 1.54) is 39.0 Å². The molecule has 0 bridgehead atoms. The monoisotopic (exact) mass is 853 g/mol. The van der Waals surface area contributed by atoms with Crippen molar-refractivity contribution < 1.29 is 47.7 Å². The molecule has 0 aromatic carbocycles. The van der Waals surface area contributed by atoms with E-state index in [0.717, 1.165) is 10.6 Å². The Hall–Kier alpha value is -1.80. The number of thiazole rings is 1. The van der Waals surface area contributed by atoms with Crippen molar-refractivity contribution >= 4 is 117 Å². The van der Waals surface area contributed by atoms with E-state index in [-0.39, 0.29) is 18.6 Å². The van der Waals surface area contributed by atoms with Crippen LogP contribution in [-0.4, -0.2) is 73.9 Å². The number of aryl methyl sites for hydroxylation is 1. The third-order valence-electron chi connectivity index (χ3n) is 8.12. The standard InChI is InChI=1S/C33H41Cl6NO10S/c1-17-8-10-23(41)19(3)27(50-30(45)47-16-33(37,38)39)20(4)28(43)31(6,7)25(49-29(44)46-15-32(34,35)36)13-26(42)48-24(11-9-17)18(2)12-22-14-51-21(5)40-22/h9,12,14,19-20,24-25,27H,8,10-11,13,15-16H2,1-7H3/t19-,20+,24-,25-,27-/m0/s1. The third-order valence-corrected chi connectivity index (χ3v) is 9.56. The van der Waals surface area contributed by atoms with Crippen LogP contribution in [-0.2, 0) is 38.1 Å². The fourth-order valence-electron chi connectivity index (χ4n) is 5.15. The minimum absolute atomic E-state index is 0.0367. The molecule has 1 aliphatic heterocycles. The summed E-state index contributed by atoms with van der Waals surface area (Å²) in [5.74, 6) is -4.00. The highest BCUT2D eigenvalue weighted by Crippen LogP contribution is 2.36. The molecule has 0 amide bonds. The Bertz CT molecular complexity index is 1480. The van der Waals surface area contributed by atoms with Gasteiger partial charge >= 0.3 is 18.3 Å². The Kier molecular flexibility index (Phi) is 17.3. The largest absolute Gasteiger partial charge is 0.508 e. The average molecular weight is 856 g/mol. The van der Waals surface area contributed by atoms with Gasteiger partial charge < -0.3 is 23.7 Å². The number of hydrogen-bond donors (Lipinski definition) is 0. The minimum atomic E-state index is -1.98. The number of alkyl halides is 6. The van der Waals surface area contributed by atoms with E-state index in [4.69, 9.17) is 93.3 Å². The van der Waals surface area contributed by atoms with Gasteiger partial charge in [0.1, 0.15) is 43.1 Å². The van der Waals surface area contributed by atoms with Gasteiger partial charge in [0.25, 0.3) is 0 Å². The number of halogens is 6. The summed E-state index contributed by atoms with van der Waals surface area (Å²) in [5, 5.41) is 2.72. The molecule has 0 spiro atoms. The molecule has 0 aliphatic carbocycles. The summed E-state index contributed by atoms with van der Waals surface area (Å²) in [6, 6.07) is 0. The zero-order chi connectivity index (χ0) is 38.9. The summed E-state index contributed by atoms with van der Waals surface area (Å²) in [6.45, 7) is 9.88. The molecule has 286 valence electrons. The van der Waals surface area contributed by atoms with Crippen molar-refractivity contribution in [1.82, 2.24) is 4.98 Å². The number of aromatic nitrogens is 1. The number of Topliss-reactive ketones (excluding diaryl/α,β-unsaturated/α-hetero) is 2. The predicted octanol–water partition coefficient (Wildman–Crippen LogP) is 9.51. The summed E-state index contributed by atoms with van der Waals surface area (Å²) in [7, 11) is 0. The van der Waals surface area contributed by atoms with E-state index < -0.39 is 86.8 Å². The molecule has 2 heterocycles. The van der Waals surface area contributed by atoms with Crippen molar-refractivity contribution in [1.29, 1.82) is 0 Å². The molecule has 5 atom stereocenters. The van der Waals surface area contributed by atoms with Gasteiger partial charge in [0.05, 0.1) is 34.4 Å². The Labute approximate surface area is 331 Å². The van der Waals surface area contributed by atoms with E-state index in [0.29, 0.717) is 17.7 Å². The first-order valence-corrected chi connectivity index (χ1v) is 18.9. The number of esters is 1. The smallest absolute Gasteiger partial charge is 0.457 e. The van der Waals surface area contributed by atoms with Crippen LogP contribution in [0.5, 0.6) is 0 Å². The van der Waals surface area contributed by atoms with Crippen molar-refractivity contribution in [2.75, 3.05) is 13.2 Å². The number of nitrogens with zero attached hydrogens (tertiary/aromatic N) is 1. The van der Waals surface area contributed by atoms with Gasteiger partial charge in [-0.1, -0.05) is 95.1 Å². The second-order valence-corrected chi connectivity index (χ2v) is 18.9. The van der Waals surface area contributed by atoms with Crippen molar-refractivity contribution in [3.63, 3.8) is 0 Å². The van der Waals surface area contributed by atoms with Crippen molar-refractivity contribution in [2.45, 2.75) is 100 Å². The third kappa shape index (κ3) is 15.6. The number of ether oxygens (including phenoxy) is 5. The fraction of sp³-hybridized carbons (Fsp3) is 0.636. The SMILES string of the molecule is CC1=CC[C@@H](C(C)=Cc2csc(C)n2)OC(=O)C[C@H](OC(=O)OCC(Cl)(Cl)Cl)C(C)(C)C(=O)[C@H](C)[C@@H](OC(=O)OCC(Cl)(Cl)Cl)[C@@H](C)C(=O)CC1. The minimum Gasteiger partial charge on any atom is -0.457 e. The fourth-order valence-corrected chi connectivity index (χ4v) is 6.05. The quantitative estimate of drug-likeness (QED) is 0.117. The number of carbonyl (C=O) groups excluding carboxylic acids is 5. The van der Waals surface area contributed by atoms with Gasteiger partial charge in [0.2, 0.25) is 7.59 Å². The lowest BCUT2D eigenvalue weighted by Gasteiger charge is -2.37. The maximum atomic E-state index is 14.3. The van der Waals surface area contributed by atoms with Gasteiger partial charge in [-0.05, 0) is 52.7 Å². The molecule has 0 fully saturated rings. The molecule has 0 N–H and O–H groups in total. The highest BCUT2D eigenvalue weighted by Gasteiger charge is 2.48. The van der Waals surface area contributed by atoms with Crippen molar-refractivity contribution in [2.24, 2.45) is 17.3 Å². The summed E-state index contributed by atoms with van der Waals surface area (Å²) in [6.07, 6.45) is -2.63. The summed E-state index contributed by atoms with van der Waals surface area (Å²) >= 11 is 35.7. The molecule has 2 rings (SSSR count). The maximum absolute atomic E-state index is 14.3. The number of allylic oxidation sites excluding steroid dienone is 1. The molecule has 1 aromatic heterocycles. The van der Waals surface area contributed by atoms with Crippen LogP contribution in [0.2, 0.25) is 0 Å². The predicted molar refractivity (Wildman–Crippen MR) is 198 cm³/mol. The van der Waals surface area contributed by atoms with Crippen LogP contribution in [0.1, 0.15) is 77.9 Å². The molecule has 1 aliphatic rings. The van der Waals surface area contributed by atoms with Crippen molar-refractivity contribution in [3.8, 4) is 0 Å². The molecule has 0 radical (unpaired) electrons. The van der Waals surface area contributed by atoms with Crippen LogP contribution in [0.4, 0.5) is 9.59 Å². The normalized spacial score (nSPS) is 24.6. The second-order valence-electron chi connectivity index (χ2n) is 12.8. The first kappa shape index (κ1) is 45.4. The Morgan fingerprint density at radius 2 is 1.53 bits per heavy atom. The lowest BCUT2D eigenvalue weighted by Crippen LogP contribution is -2.49. The molecule has 0 saturated heterocycles. The lowest BCUT2D eigenvalue weighted by atomic mass is 9.72. The van der Waals surface area contributed by atoms with E-state index in [9.17, 15) is 24.0 Å². The number of rotatable bonds is 6. The molecular formula is C33H41Cl6NO10S. The number of cyclic esters (lactones) is 1. The van der Waals surface area contributed by atoms with Crippen LogP contribution in [0.15, 0.2) is 22.6 Å². The number of hydrogen-bond acceptors (Lipinski definition) is 12. The molecule has 18 heteroatoms. The molecule has 11 nitrogen and oxygen atoms in total. The molecular weight excluding hydrogens is 815 g/mol. The van der Waals surface area contributed by atoms with Gasteiger partial charge in [-0.2, -0.15) is 0 Å². The Morgan fingerprint density at radius 3 is 2.06 bits per heavy atom. The molecule has 51 heavy (non-hydrogen) atoms. The Morgan fingerprint density at radius 1 is 0.961 bits per heavy atom. The van der Waals surface area contributed by atoms with Gasteiger partial charge in [0, 0.05) is 18.2 Å².